The van der Waals surface area contributed by atoms with Crippen LogP contribution in [0.4, 0.5) is 10.1 Å². The number of carbonyl (C=O) groups is 4. The number of hydrogen-bond acceptors (Lipinski definition) is 7. The number of rotatable bonds is 6. The average molecular weight is 559 g/mol. The summed E-state index contributed by atoms with van der Waals surface area (Å²) in [7, 11) is 0. The molecule has 0 spiro atoms. The monoisotopic (exact) mass is 558 g/mol. The Bertz CT molecular complexity index is 1770. The highest BCUT2D eigenvalue weighted by atomic mass is 19.1. The van der Waals surface area contributed by atoms with E-state index in [1.165, 1.54) is 24.3 Å². The second kappa shape index (κ2) is 10.1. The van der Waals surface area contributed by atoms with E-state index in [1.807, 2.05) is 12.1 Å². The molecule has 5 N–H and O–H groups in total. The van der Waals surface area contributed by atoms with Crippen molar-refractivity contribution < 1.29 is 33.8 Å². The van der Waals surface area contributed by atoms with Crippen molar-refractivity contribution in [1.82, 2.24) is 25.2 Å². The van der Waals surface area contributed by atoms with E-state index < -0.39 is 35.7 Å². The first-order chi connectivity index (χ1) is 19.7. The number of aliphatic hydroxyl groups is 1. The standard InChI is InChI=1S/C28H23FN6O6/c29-18-12-31-35-21(27(39)34-24-17-5-3-15(28(40)41)8-16(17)9-22(24)36)10-20(33-25(18)35)26(38)30-11-13-1-2-14-4-6-23(37)32-19(14)7-13/h1-3,5,7-8,10,12,22,24,36H,4,6,9,11H2,(H,30,38)(H,32,37)(H,34,39)(H,40,41)/t22-,24+/m0/s1. The number of aromatic carboxylic acids is 1. The third kappa shape index (κ3) is 4.87. The predicted octanol–water partition coefficient (Wildman–Crippen LogP) is 1.77. The Balaban J connectivity index is 1.24. The molecular weight excluding hydrogens is 535 g/mol. The van der Waals surface area contributed by atoms with Gasteiger partial charge >= 0.3 is 5.97 Å². The van der Waals surface area contributed by atoms with Crippen LogP contribution >= 0.6 is 0 Å². The topological polar surface area (TPSA) is 175 Å². The molecule has 3 amide bonds. The Morgan fingerprint density at radius 2 is 1.90 bits per heavy atom. The number of aromatic nitrogens is 3. The molecule has 0 unspecified atom stereocenters. The number of nitrogens with zero attached hydrogens (tertiary/aromatic N) is 3. The Labute approximate surface area is 231 Å². The summed E-state index contributed by atoms with van der Waals surface area (Å²) in [5.74, 6) is -3.45. The van der Waals surface area contributed by atoms with Gasteiger partial charge in [-0.3, -0.25) is 14.4 Å². The lowest BCUT2D eigenvalue weighted by Crippen LogP contribution is -2.35. The largest absolute Gasteiger partial charge is 0.478 e. The molecule has 0 radical (unpaired) electrons. The van der Waals surface area contributed by atoms with Crippen LogP contribution in [-0.4, -0.2) is 54.6 Å². The number of nitrogens with one attached hydrogen (secondary N) is 3. The Hall–Kier alpha value is -5.17. The van der Waals surface area contributed by atoms with Gasteiger partial charge in [0.1, 0.15) is 11.4 Å². The van der Waals surface area contributed by atoms with E-state index >= 15 is 0 Å². The van der Waals surface area contributed by atoms with E-state index in [2.05, 4.69) is 26.0 Å². The van der Waals surface area contributed by atoms with E-state index in [0.717, 1.165) is 16.3 Å². The number of halogens is 1. The number of carboxylic acids is 1. The van der Waals surface area contributed by atoms with Crippen LogP contribution in [0.1, 0.15) is 66.1 Å². The fraction of sp³-hybridized carbons (Fsp3) is 0.214. The van der Waals surface area contributed by atoms with Crippen molar-refractivity contribution in [3.8, 4) is 0 Å². The smallest absolute Gasteiger partial charge is 0.335 e. The maximum atomic E-state index is 14.5. The summed E-state index contributed by atoms with van der Waals surface area (Å²) < 4.78 is 15.5. The van der Waals surface area contributed by atoms with Crippen molar-refractivity contribution in [3.63, 3.8) is 0 Å². The quantitative estimate of drug-likeness (QED) is 0.238. The number of carboxylic acid groups (broad SMARTS) is 1. The first-order valence-corrected chi connectivity index (χ1v) is 12.8. The Morgan fingerprint density at radius 3 is 2.71 bits per heavy atom. The minimum atomic E-state index is -1.11. The number of fused-ring (bicyclic) bond motifs is 3. The van der Waals surface area contributed by atoms with E-state index in [1.54, 1.807) is 6.07 Å². The van der Waals surface area contributed by atoms with Crippen molar-refractivity contribution in [3.05, 3.63) is 93.7 Å². The number of aliphatic hydroxyl groups excluding tert-OH is 1. The van der Waals surface area contributed by atoms with Crippen LogP contribution in [0.15, 0.2) is 48.7 Å². The Kier molecular flexibility index (Phi) is 6.42. The number of hydrogen-bond donors (Lipinski definition) is 5. The highest BCUT2D eigenvalue weighted by molar-refractivity contribution is 5.98. The minimum Gasteiger partial charge on any atom is -0.478 e. The van der Waals surface area contributed by atoms with Crippen molar-refractivity contribution in [1.29, 1.82) is 0 Å². The molecule has 2 aromatic carbocycles. The number of anilines is 1. The van der Waals surface area contributed by atoms with Gasteiger partial charge in [-0.25, -0.2) is 18.7 Å². The summed E-state index contributed by atoms with van der Waals surface area (Å²) in [6.07, 6.45) is 1.01. The van der Waals surface area contributed by atoms with Crippen molar-refractivity contribution in [2.75, 3.05) is 5.32 Å². The van der Waals surface area contributed by atoms with Gasteiger partial charge in [0.15, 0.2) is 11.5 Å². The highest BCUT2D eigenvalue weighted by Gasteiger charge is 2.34. The molecule has 13 heteroatoms. The highest BCUT2D eigenvalue weighted by Crippen LogP contribution is 2.32. The number of carbonyl (C=O) groups excluding carboxylic acids is 3. The summed E-state index contributed by atoms with van der Waals surface area (Å²) in [5.41, 5.74) is 2.82. The van der Waals surface area contributed by atoms with Crippen LogP contribution in [0.2, 0.25) is 0 Å². The number of aryl methyl sites for hydroxylation is 1. The van der Waals surface area contributed by atoms with Crippen molar-refractivity contribution in [2.45, 2.75) is 38.0 Å². The maximum absolute atomic E-state index is 14.5. The van der Waals surface area contributed by atoms with Gasteiger partial charge in [0, 0.05) is 31.1 Å². The fourth-order valence-electron chi connectivity index (χ4n) is 5.17. The van der Waals surface area contributed by atoms with E-state index in [-0.39, 0.29) is 41.5 Å². The SMILES string of the molecule is O=C1CCc2ccc(CNC(=O)c3cc(C(=O)N[C@@H]4c5ccc(C(=O)O)cc5C[C@@H]4O)n4ncc(F)c4n3)cc2N1. The molecule has 0 saturated heterocycles. The van der Waals surface area contributed by atoms with Crippen LogP contribution in [-0.2, 0) is 24.2 Å². The third-order valence-corrected chi connectivity index (χ3v) is 7.24. The van der Waals surface area contributed by atoms with Crippen molar-refractivity contribution >= 4 is 35.0 Å². The first kappa shape index (κ1) is 26.1. The molecule has 208 valence electrons. The molecule has 4 aromatic rings. The lowest BCUT2D eigenvalue weighted by Gasteiger charge is -2.19. The molecule has 2 atom stereocenters. The van der Waals surface area contributed by atoms with E-state index in [9.17, 15) is 33.8 Å². The van der Waals surface area contributed by atoms with Gasteiger partial charge in [0.05, 0.1) is 23.9 Å². The predicted molar refractivity (Wildman–Crippen MR) is 141 cm³/mol. The number of amides is 3. The summed E-state index contributed by atoms with van der Waals surface area (Å²) in [4.78, 5) is 53.5. The molecule has 1 aliphatic carbocycles. The zero-order chi connectivity index (χ0) is 28.8. The second-order valence-corrected chi connectivity index (χ2v) is 9.92. The van der Waals surface area contributed by atoms with Gasteiger partial charge in [0.2, 0.25) is 5.91 Å². The van der Waals surface area contributed by atoms with Crippen LogP contribution in [0, 0.1) is 5.82 Å². The van der Waals surface area contributed by atoms with Gasteiger partial charge in [0.25, 0.3) is 11.8 Å². The minimum absolute atomic E-state index is 0.0570. The van der Waals surface area contributed by atoms with Gasteiger partial charge in [-0.15, -0.1) is 0 Å². The second-order valence-electron chi connectivity index (χ2n) is 9.92. The third-order valence-electron chi connectivity index (χ3n) is 7.24. The zero-order valence-corrected chi connectivity index (χ0v) is 21.3. The lowest BCUT2D eigenvalue weighted by atomic mass is 10.0. The van der Waals surface area contributed by atoms with Crippen LogP contribution < -0.4 is 16.0 Å². The molecular formula is C28H23FN6O6. The van der Waals surface area contributed by atoms with Gasteiger partial charge in [-0.2, -0.15) is 5.10 Å². The maximum Gasteiger partial charge on any atom is 0.335 e. The van der Waals surface area contributed by atoms with E-state index in [4.69, 9.17) is 0 Å². The fourth-order valence-corrected chi connectivity index (χ4v) is 5.17. The first-order valence-electron chi connectivity index (χ1n) is 12.8. The molecule has 41 heavy (non-hydrogen) atoms. The summed E-state index contributed by atoms with van der Waals surface area (Å²) in [6, 6.07) is 10.1. The lowest BCUT2D eigenvalue weighted by molar-refractivity contribution is -0.116. The van der Waals surface area contributed by atoms with Crippen LogP contribution in [0.3, 0.4) is 0 Å². The van der Waals surface area contributed by atoms with Gasteiger partial charge in [-0.1, -0.05) is 18.2 Å². The summed E-state index contributed by atoms with van der Waals surface area (Å²) in [6.45, 7) is 0.0848. The van der Waals surface area contributed by atoms with Gasteiger partial charge < -0.3 is 26.2 Å². The van der Waals surface area contributed by atoms with Crippen molar-refractivity contribution in [2.24, 2.45) is 0 Å². The zero-order valence-electron chi connectivity index (χ0n) is 21.3. The molecule has 2 aliphatic rings. The molecule has 3 heterocycles. The number of benzene rings is 2. The van der Waals surface area contributed by atoms with Gasteiger partial charge in [-0.05, 0) is 46.9 Å². The van der Waals surface area contributed by atoms with E-state index in [0.29, 0.717) is 35.2 Å². The molecule has 6 rings (SSSR count). The van der Waals surface area contributed by atoms with Crippen LogP contribution in [0.25, 0.3) is 5.65 Å². The molecule has 2 aromatic heterocycles. The molecule has 1 aliphatic heterocycles. The molecule has 0 saturated carbocycles. The summed E-state index contributed by atoms with van der Waals surface area (Å²) in [5, 5.41) is 31.9. The molecule has 0 bridgehead atoms. The average Bonchev–Trinajstić information content (AvgIpc) is 3.48. The molecule has 0 fully saturated rings. The Morgan fingerprint density at radius 1 is 1.07 bits per heavy atom. The summed E-state index contributed by atoms with van der Waals surface area (Å²) >= 11 is 0. The van der Waals surface area contributed by atoms with Crippen LogP contribution in [0.5, 0.6) is 0 Å². The normalized spacial score (nSPS) is 17.5. The molecule has 12 nitrogen and oxygen atoms in total.